The monoisotopic (exact) mass is 403 g/mol. The van der Waals surface area contributed by atoms with E-state index >= 15 is 0 Å². The molecule has 0 radical (unpaired) electrons. The largest absolute Gasteiger partial charge is 0.368 e. The third-order valence-corrected chi connectivity index (χ3v) is 5.41. The molecule has 1 aliphatic heterocycles. The highest BCUT2D eigenvalue weighted by Crippen LogP contribution is 2.24. The predicted molar refractivity (Wildman–Crippen MR) is 110 cm³/mol. The van der Waals surface area contributed by atoms with Gasteiger partial charge in [-0.1, -0.05) is 34.1 Å². The standard InChI is InChI=1S/C19H22BrN3S/c1-14-5-3-8-18(15(14)2)22-9-11-23(12-10-22)19(24)21-17-7-4-6-16(20)13-17/h3-8,13H,9-12H2,1-2H3,(H,21,24). The van der Waals surface area contributed by atoms with Gasteiger partial charge in [0.2, 0.25) is 0 Å². The summed E-state index contributed by atoms with van der Waals surface area (Å²) in [5.74, 6) is 0. The maximum absolute atomic E-state index is 5.58. The van der Waals surface area contributed by atoms with Crippen LogP contribution in [-0.4, -0.2) is 36.2 Å². The zero-order valence-corrected chi connectivity index (χ0v) is 16.5. The average Bonchev–Trinajstić information content (AvgIpc) is 2.57. The number of thiocarbonyl (C=S) groups is 1. The fraction of sp³-hybridized carbons (Fsp3) is 0.316. The molecule has 3 rings (SSSR count). The molecule has 3 nitrogen and oxygen atoms in total. The molecule has 1 heterocycles. The van der Waals surface area contributed by atoms with Crippen LogP contribution in [0.2, 0.25) is 0 Å². The SMILES string of the molecule is Cc1cccc(N2CCN(C(=S)Nc3cccc(Br)c3)CC2)c1C. The second-order valence-electron chi connectivity index (χ2n) is 6.13. The molecular weight excluding hydrogens is 382 g/mol. The molecule has 0 aromatic heterocycles. The first-order valence-electron chi connectivity index (χ1n) is 8.17. The molecule has 2 aromatic carbocycles. The van der Waals surface area contributed by atoms with Gasteiger partial charge >= 0.3 is 0 Å². The Balaban J connectivity index is 1.60. The van der Waals surface area contributed by atoms with Gasteiger partial charge in [-0.25, -0.2) is 0 Å². The Bertz CT molecular complexity index is 739. The number of anilines is 2. The Kier molecular flexibility index (Phi) is 5.41. The van der Waals surface area contributed by atoms with E-state index < -0.39 is 0 Å². The summed E-state index contributed by atoms with van der Waals surface area (Å²) < 4.78 is 1.05. The van der Waals surface area contributed by atoms with Crippen molar-refractivity contribution < 1.29 is 0 Å². The molecule has 0 bridgehead atoms. The predicted octanol–water partition coefficient (Wildman–Crippen LogP) is 4.58. The highest BCUT2D eigenvalue weighted by molar-refractivity contribution is 9.10. The first kappa shape index (κ1) is 17.2. The molecule has 2 aromatic rings. The zero-order chi connectivity index (χ0) is 17.1. The van der Waals surface area contributed by atoms with Crippen molar-refractivity contribution in [3.05, 3.63) is 58.1 Å². The van der Waals surface area contributed by atoms with Crippen LogP contribution in [0.4, 0.5) is 11.4 Å². The quantitative estimate of drug-likeness (QED) is 0.738. The van der Waals surface area contributed by atoms with Crippen molar-refractivity contribution in [1.29, 1.82) is 0 Å². The van der Waals surface area contributed by atoms with Crippen LogP contribution in [0.15, 0.2) is 46.9 Å². The van der Waals surface area contributed by atoms with Crippen LogP contribution in [-0.2, 0) is 0 Å². The fourth-order valence-electron chi connectivity index (χ4n) is 3.00. The van der Waals surface area contributed by atoms with Gasteiger partial charge in [0.1, 0.15) is 0 Å². The van der Waals surface area contributed by atoms with E-state index in [0.717, 1.165) is 41.5 Å². The molecule has 0 spiro atoms. The molecule has 1 aliphatic rings. The van der Waals surface area contributed by atoms with Crippen molar-refractivity contribution in [1.82, 2.24) is 4.90 Å². The van der Waals surface area contributed by atoms with Crippen LogP contribution in [0, 0.1) is 13.8 Å². The second kappa shape index (κ2) is 7.53. The number of halogens is 1. The Labute approximate surface area is 157 Å². The van der Waals surface area contributed by atoms with Gasteiger partial charge in [0.05, 0.1) is 0 Å². The summed E-state index contributed by atoms with van der Waals surface area (Å²) >= 11 is 9.07. The topological polar surface area (TPSA) is 18.5 Å². The number of benzene rings is 2. The first-order valence-corrected chi connectivity index (χ1v) is 9.37. The van der Waals surface area contributed by atoms with Crippen LogP contribution in [0.3, 0.4) is 0 Å². The van der Waals surface area contributed by atoms with Gasteiger partial charge in [-0.3, -0.25) is 0 Å². The first-order chi connectivity index (χ1) is 11.5. The summed E-state index contributed by atoms with van der Waals surface area (Å²) in [6.45, 7) is 8.23. The lowest BCUT2D eigenvalue weighted by Gasteiger charge is -2.38. The van der Waals surface area contributed by atoms with Gasteiger partial charge in [0.15, 0.2) is 5.11 Å². The number of nitrogens with one attached hydrogen (secondary N) is 1. The van der Waals surface area contributed by atoms with Gasteiger partial charge in [-0.05, 0) is 61.5 Å². The van der Waals surface area contributed by atoms with Crippen molar-refractivity contribution in [3.8, 4) is 0 Å². The van der Waals surface area contributed by atoms with E-state index in [2.05, 4.69) is 63.1 Å². The maximum atomic E-state index is 5.58. The highest BCUT2D eigenvalue weighted by atomic mass is 79.9. The molecule has 24 heavy (non-hydrogen) atoms. The lowest BCUT2D eigenvalue weighted by Crippen LogP contribution is -2.50. The van der Waals surface area contributed by atoms with Crippen LogP contribution in [0.5, 0.6) is 0 Å². The number of hydrogen-bond acceptors (Lipinski definition) is 2. The third-order valence-electron chi connectivity index (χ3n) is 4.56. The number of rotatable bonds is 2. The normalized spacial score (nSPS) is 14.6. The molecule has 5 heteroatoms. The molecule has 0 amide bonds. The highest BCUT2D eigenvalue weighted by Gasteiger charge is 2.20. The van der Waals surface area contributed by atoms with Crippen LogP contribution < -0.4 is 10.2 Å². The summed E-state index contributed by atoms with van der Waals surface area (Å²) in [5.41, 5.74) is 5.09. The van der Waals surface area contributed by atoms with Gasteiger partial charge in [-0.2, -0.15) is 0 Å². The summed E-state index contributed by atoms with van der Waals surface area (Å²) in [6, 6.07) is 14.6. The number of hydrogen-bond donors (Lipinski definition) is 1. The van der Waals surface area contributed by atoms with Gasteiger partial charge in [0, 0.05) is 42.0 Å². The van der Waals surface area contributed by atoms with Crippen molar-refractivity contribution in [2.45, 2.75) is 13.8 Å². The van der Waals surface area contributed by atoms with Crippen LogP contribution >= 0.6 is 28.1 Å². The molecule has 1 fully saturated rings. The minimum atomic E-state index is 0.800. The van der Waals surface area contributed by atoms with E-state index in [1.54, 1.807) is 0 Å². The van der Waals surface area contributed by atoms with E-state index in [9.17, 15) is 0 Å². The van der Waals surface area contributed by atoms with Crippen molar-refractivity contribution in [2.24, 2.45) is 0 Å². The molecule has 0 unspecified atom stereocenters. The molecule has 0 saturated carbocycles. The van der Waals surface area contributed by atoms with E-state index in [0.29, 0.717) is 0 Å². The van der Waals surface area contributed by atoms with Crippen molar-refractivity contribution in [3.63, 3.8) is 0 Å². The Morgan fingerprint density at radius 2 is 1.75 bits per heavy atom. The summed E-state index contributed by atoms with van der Waals surface area (Å²) in [4.78, 5) is 4.71. The summed E-state index contributed by atoms with van der Waals surface area (Å²) in [5, 5.41) is 4.14. The van der Waals surface area contributed by atoms with E-state index in [4.69, 9.17) is 12.2 Å². The summed E-state index contributed by atoms with van der Waals surface area (Å²) in [6.07, 6.45) is 0. The Morgan fingerprint density at radius 1 is 1.04 bits per heavy atom. The molecule has 1 saturated heterocycles. The minimum absolute atomic E-state index is 0.800. The molecule has 0 atom stereocenters. The van der Waals surface area contributed by atoms with Crippen LogP contribution in [0.1, 0.15) is 11.1 Å². The van der Waals surface area contributed by atoms with E-state index in [-0.39, 0.29) is 0 Å². The molecule has 126 valence electrons. The van der Waals surface area contributed by atoms with Gasteiger partial charge in [0.25, 0.3) is 0 Å². The average molecular weight is 404 g/mol. The summed E-state index contributed by atoms with van der Waals surface area (Å²) in [7, 11) is 0. The lowest BCUT2D eigenvalue weighted by molar-refractivity contribution is 0.390. The number of piperazine rings is 1. The van der Waals surface area contributed by atoms with E-state index in [1.807, 2.05) is 24.3 Å². The fourth-order valence-corrected chi connectivity index (χ4v) is 3.70. The molecule has 0 aliphatic carbocycles. The van der Waals surface area contributed by atoms with Crippen molar-refractivity contribution in [2.75, 3.05) is 36.4 Å². The zero-order valence-electron chi connectivity index (χ0n) is 14.1. The van der Waals surface area contributed by atoms with Gasteiger partial charge in [-0.15, -0.1) is 0 Å². The van der Waals surface area contributed by atoms with Crippen LogP contribution in [0.25, 0.3) is 0 Å². The molecular formula is C19H22BrN3S. The third kappa shape index (κ3) is 3.90. The van der Waals surface area contributed by atoms with Gasteiger partial charge < -0.3 is 15.1 Å². The number of nitrogens with zero attached hydrogens (tertiary/aromatic N) is 2. The second-order valence-corrected chi connectivity index (χ2v) is 7.44. The smallest absolute Gasteiger partial charge is 0.173 e. The maximum Gasteiger partial charge on any atom is 0.173 e. The van der Waals surface area contributed by atoms with E-state index in [1.165, 1.54) is 16.8 Å². The minimum Gasteiger partial charge on any atom is -0.368 e. The number of aryl methyl sites for hydroxylation is 1. The Hall–Kier alpha value is -1.59. The lowest BCUT2D eigenvalue weighted by atomic mass is 10.1. The van der Waals surface area contributed by atoms with Crippen molar-refractivity contribution >= 4 is 44.6 Å². The molecule has 1 N–H and O–H groups in total. The Morgan fingerprint density at radius 3 is 2.46 bits per heavy atom.